The Morgan fingerprint density at radius 1 is 1.14 bits per heavy atom. The standard InChI is InChI=1S/C19H22F2N2O4S/c1-4-13(2)23(19(24)22-15-7-10-17(20)18(21)11-15)12-14-5-8-16(9-6-14)27-28(3,25)26/h5-11,13H,4,12H2,1-3H3,(H,22,24)/t13-/m1/s1. The first-order chi connectivity index (χ1) is 13.1. The third-order valence-corrected chi connectivity index (χ3v) is 4.57. The number of amides is 2. The first-order valence-electron chi connectivity index (χ1n) is 8.60. The highest BCUT2D eigenvalue weighted by Crippen LogP contribution is 2.19. The van der Waals surface area contributed by atoms with Crippen molar-refractivity contribution in [2.24, 2.45) is 0 Å². The number of hydrogen-bond acceptors (Lipinski definition) is 4. The second-order valence-corrected chi connectivity index (χ2v) is 7.95. The number of halogens is 2. The molecule has 0 saturated carbocycles. The lowest BCUT2D eigenvalue weighted by molar-refractivity contribution is 0.187. The van der Waals surface area contributed by atoms with Gasteiger partial charge in [-0.15, -0.1) is 0 Å². The molecule has 0 unspecified atom stereocenters. The zero-order valence-corrected chi connectivity index (χ0v) is 16.6. The minimum absolute atomic E-state index is 0.128. The molecular weight excluding hydrogens is 390 g/mol. The van der Waals surface area contributed by atoms with Crippen LogP contribution in [-0.4, -0.2) is 31.6 Å². The van der Waals surface area contributed by atoms with E-state index in [0.29, 0.717) is 6.42 Å². The molecule has 0 aliphatic carbocycles. The van der Waals surface area contributed by atoms with Crippen molar-refractivity contribution in [1.29, 1.82) is 0 Å². The summed E-state index contributed by atoms with van der Waals surface area (Å²) in [4.78, 5) is 14.2. The van der Waals surface area contributed by atoms with Crippen LogP contribution in [0.15, 0.2) is 42.5 Å². The van der Waals surface area contributed by atoms with Gasteiger partial charge in [-0.1, -0.05) is 19.1 Å². The molecule has 1 atom stereocenters. The van der Waals surface area contributed by atoms with E-state index in [2.05, 4.69) is 5.32 Å². The first-order valence-corrected chi connectivity index (χ1v) is 10.4. The van der Waals surface area contributed by atoms with E-state index in [0.717, 1.165) is 24.0 Å². The quantitative estimate of drug-likeness (QED) is 0.694. The zero-order valence-electron chi connectivity index (χ0n) is 15.8. The molecule has 28 heavy (non-hydrogen) atoms. The predicted molar refractivity (Wildman–Crippen MR) is 103 cm³/mol. The molecule has 0 aliphatic rings. The van der Waals surface area contributed by atoms with E-state index < -0.39 is 27.8 Å². The first kappa shape index (κ1) is 21.6. The topological polar surface area (TPSA) is 75.7 Å². The van der Waals surface area contributed by atoms with E-state index in [1.165, 1.54) is 18.2 Å². The van der Waals surface area contributed by atoms with Gasteiger partial charge in [-0.25, -0.2) is 13.6 Å². The molecule has 152 valence electrons. The van der Waals surface area contributed by atoms with Crippen molar-refractivity contribution in [1.82, 2.24) is 4.90 Å². The van der Waals surface area contributed by atoms with Crippen LogP contribution in [-0.2, 0) is 16.7 Å². The minimum Gasteiger partial charge on any atom is -0.383 e. The summed E-state index contributed by atoms with van der Waals surface area (Å²) in [5.74, 6) is -1.87. The Kier molecular flexibility index (Phi) is 6.95. The van der Waals surface area contributed by atoms with Gasteiger partial charge in [0, 0.05) is 24.3 Å². The van der Waals surface area contributed by atoms with Crippen molar-refractivity contribution in [2.45, 2.75) is 32.9 Å². The molecule has 0 saturated heterocycles. The van der Waals surface area contributed by atoms with Crippen LogP contribution in [0, 0.1) is 11.6 Å². The molecule has 0 bridgehead atoms. The van der Waals surface area contributed by atoms with Gasteiger partial charge in [-0.3, -0.25) is 0 Å². The molecule has 0 aromatic heterocycles. The number of urea groups is 1. The number of nitrogens with one attached hydrogen (secondary N) is 1. The van der Waals surface area contributed by atoms with Crippen LogP contribution in [0.3, 0.4) is 0 Å². The van der Waals surface area contributed by atoms with Gasteiger partial charge in [0.2, 0.25) is 0 Å². The number of carbonyl (C=O) groups excluding carboxylic acids is 1. The highest BCUT2D eigenvalue weighted by Gasteiger charge is 2.20. The van der Waals surface area contributed by atoms with Gasteiger partial charge in [-0.2, -0.15) is 8.42 Å². The molecule has 2 amide bonds. The molecule has 2 aromatic carbocycles. The van der Waals surface area contributed by atoms with E-state index in [1.54, 1.807) is 17.0 Å². The molecule has 6 nitrogen and oxygen atoms in total. The predicted octanol–water partition coefficient (Wildman–Crippen LogP) is 4.14. The molecule has 0 fully saturated rings. The Labute approximate surface area is 163 Å². The van der Waals surface area contributed by atoms with Crippen LogP contribution in [0.1, 0.15) is 25.8 Å². The van der Waals surface area contributed by atoms with Gasteiger partial charge in [0.25, 0.3) is 0 Å². The summed E-state index contributed by atoms with van der Waals surface area (Å²) in [7, 11) is -3.62. The van der Waals surface area contributed by atoms with Gasteiger partial charge in [0.05, 0.1) is 6.26 Å². The second-order valence-electron chi connectivity index (χ2n) is 6.38. The van der Waals surface area contributed by atoms with Crippen LogP contribution in [0.4, 0.5) is 19.3 Å². The molecule has 1 N–H and O–H groups in total. The van der Waals surface area contributed by atoms with Gasteiger partial charge >= 0.3 is 16.1 Å². The maximum absolute atomic E-state index is 13.4. The van der Waals surface area contributed by atoms with Gasteiger partial charge in [-0.05, 0) is 43.2 Å². The minimum atomic E-state index is -3.62. The van der Waals surface area contributed by atoms with Gasteiger partial charge in [0.1, 0.15) is 5.75 Å². The van der Waals surface area contributed by atoms with Crippen LogP contribution >= 0.6 is 0 Å². The number of rotatable bonds is 7. The normalized spacial score (nSPS) is 12.3. The van der Waals surface area contributed by atoms with Crippen LogP contribution in [0.2, 0.25) is 0 Å². The molecule has 0 radical (unpaired) electrons. The number of hydrogen-bond donors (Lipinski definition) is 1. The fourth-order valence-electron chi connectivity index (χ4n) is 2.44. The Morgan fingerprint density at radius 3 is 2.32 bits per heavy atom. The average molecular weight is 412 g/mol. The van der Waals surface area contributed by atoms with E-state index in [-0.39, 0.29) is 24.0 Å². The molecular formula is C19H22F2N2O4S. The Hall–Kier alpha value is -2.68. The van der Waals surface area contributed by atoms with Gasteiger partial charge < -0.3 is 14.4 Å². The number of nitrogens with zero attached hydrogens (tertiary/aromatic N) is 1. The summed E-state index contributed by atoms with van der Waals surface area (Å²) < 4.78 is 53.5. The zero-order chi connectivity index (χ0) is 20.9. The fourth-order valence-corrected chi connectivity index (χ4v) is 2.90. The monoisotopic (exact) mass is 412 g/mol. The van der Waals surface area contributed by atoms with E-state index in [4.69, 9.17) is 4.18 Å². The molecule has 0 aliphatic heterocycles. The smallest absolute Gasteiger partial charge is 0.322 e. The van der Waals surface area contributed by atoms with E-state index >= 15 is 0 Å². The fraction of sp³-hybridized carbons (Fsp3) is 0.316. The van der Waals surface area contributed by atoms with Crippen LogP contribution in [0.5, 0.6) is 5.75 Å². The van der Waals surface area contributed by atoms with Crippen LogP contribution in [0.25, 0.3) is 0 Å². The van der Waals surface area contributed by atoms with Crippen molar-refractivity contribution in [2.75, 3.05) is 11.6 Å². The third-order valence-electron chi connectivity index (χ3n) is 4.08. The second kappa shape index (κ2) is 9.01. The summed E-state index contributed by atoms with van der Waals surface area (Å²) in [6, 6.07) is 8.85. The highest BCUT2D eigenvalue weighted by molar-refractivity contribution is 7.86. The van der Waals surface area contributed by atoms with E-state index in [9.17, 15) is 22.0 Å². The molecule has 0 heterocycles. The van der Waals surface area contributed by atoms with Crippen molar-refractivity contribution in [3.63, 3.8) is 0 Å². The average Bonchev–Trinajstić information content (AvgIpc) is 2.62. The number of carbonyl (C=O) groups is 1. The Morgan fingerprint density at radius 2 is 1.79 bits per heavy atom. The summed E-state index contributed by atoms with van der Waals surface area (Å²) in [5.41, 5.74) is 0.899. The van der Waals surface area contributed by atoms with Crippen molar-refractivity contribution in [3.05, 3.63) is 59.7 Å². The lowest BCUT2D eigenvalue weighted by Gasteiger charge is -2.29. The van der Waals surface area contributed by atoms with E-state index in [1.807, 2.05) is 13.8 Å². The summed E-state index contributed by atoms with van der Waals surface area (Å²) in [6.45, 7) is 4.03. The lowest BCUT2D eigenvalue weighted by atomic mass is 10.1. The maximum atomic E-state index is 13.4. The summed E-state index contributed by atoms with van der Waals surface area (Å²) >= 11 is 0. The summed E-state index contributed by atoms with van der Waals surface area (Å²) in [6.07, 6.45) is 1.63. The maximum Gasteiger partial charge on any atom is 0.322 e. The van der Waals surface area contributed by atoms with Crippen LogP contribution < -0.4 is 9.50 Å². The SMILES string of the molecule is CC[C@@H](C)N(Cc1ccc(OS(C)(=O)=O)cc1)C(=O)Nc1ccc(F)c(F)c1. The molecule has 2 aromatic rings. The molecule has 0 spiro atoms. The van der Waals surface area contributed by atoms with Crippen molar-refractivity contribution >= 4 is 21.8 Å². The lowest BCUT2D eigenvalue weighted by Crippen LogP contribution is -2.40. The molecule has 2 rings (SSSR count). The number of benzene rings is 2. The van der Waals surface area contributed by atoms with Gasteiger partial charge in [0.15, 0.2) is 11.6 Å². The Balaban J connectivity index is 2.14. The third kappa shape index (κ3) is 6.19. The highest BCUT2D eigenvalue weighted by atomic mass is 32.2. The largest absolute Gasteiger partial charge is 0.383 e. The van der Waals surface area contributed by atoms with Crippen molar-refractivity contribution in [3.8, 4) is 5.75 Å². The summed E-state index contributed by atoms with van der Waals surface area (Å²) in [5, 5.41) is 2.56. The Bertz CT molecular complexity index is 933. The number of anilines is 1. The van der Waals surface area contributed by atoms with Crippen molar-refractivity contribution < 1.29 is 26.2 Å². The molecule has 9 heteroatoms.